The molecule has 0 aliphatic carbocycles. The number of amides is 1. The van der Waals surface area contributed by atoms with E-state index < -0.39 is 0 Å². The van der Waals surface area contributed by atoms with Crippen molar-refractivity contribution in [2.45, 2.75) is 13.0 Å². The SMILES string of the molecule is Cl.Cl.O=C1Cc2c(ncnc2N2CCNCC2)CN1c1cc(O)cc2ccccc12. The highest BCUT2D eigenvalue weighted by Crippen LogP contribution is 2.35. The molecule has 1 saturated heterocycles. The molecule has 2 N–H and O–H groups in total. The number of hydrogen-bond acceptors (Lipinski definition) is 6. The summed E-state index contributed by atoms with van der Waals surface area (Å²) in [4.78, 5) is 26.0. The fourth-order valence-corrected chi connectivity index (χ4v) is 4.11. The predicted molar refractivity (Wildman–Crippen MR) is 122 cm³/mol. The molecule has 1 aromatic heterocycles. The molecule has 158 valence electrons. The van der Waals surface area contributed by atoms with E-state index in [1.54, 1.807) is 23.4 Å². The lowest BCUT2D eigenvalue weighted by atomic mass is 10.0. The van der Waals surface area contributed by atoms with Gasteiger partial charge in [-0.2, -0.15) is 0 Å². The summed E-state index contributed by atoms with van der Waals surface area (Å²) in [6.07, 6.45) is 1.85. The molecular formula is C21H23Cl2N5O2. The van der Waals surface area contributed by atoms with Gasteiger partial charge >= 0.3 is 0 Å². The number of aromatic hydroxyl groups is 1. The van der Waals surface area contributed by atoms with E-state index in [-0.39, 0.29) is 42.9 Å². The average Bonchev–Trinajstić information content (AvgIpc) is 2.73. The first kappa shape index (κ1) is 22.1. The number of nitrogens with zero attached hydrogens (tertiary/aromatic N) is 4. The van der Waals surface area contributed by atoms with Gasteiger partial charge in [0, 0.05) is 43.2 Å². The molecule has 5 rings (SSSR count). The zero-order valence-electron chi connectivity index (χ0n) is 16.2. The van der Waals surface area contributed by atoms with E-state index in [2.05, 4.69) is 20.2 Å². The third-order valence-corrected chi connectivity index (χ3v) is 5.48. The van der Waals surface area contributed by atoms with Crippen LogP contribution in [-0.2, 0) is 17.8 Å². The number of phenolic OH excluding ortho intramolecular Hbond substituents is 1. The van der Waals surface area contributed by atoms with Gasteiger partial charge in [0.2, 0.25) is 5.91 Å². The van der Waals surface area contributed by atoms with Crippen molar-refractivity contribution in [1.82, 2.24) is 15.3 Å². The van der Waals surface area contributed by atoms with Crippen LogP contribution in [0, 0.1) is 0 Å². The Morgan fingerprint density at radius 1 is 1.03 bits per heavy atom. The second kappa shape index (κ2) is 9.04. The number of piperazine rings is 1. The molecule has 0 atom stereocenters. The summed E-state index contributed by atoms with van der Waals surface area (Å²) in [6, 6.07) is 11.1. The van der Waals surface area contributed by atoms with Crippen molar-refractivity contribution in [3.8, 4) is 5.75 Å². The van der Waals surface area contributed by atoms with Crippen molar-refractivity contribution in [3.63, 3.8) is 0 Å². The van der Waals surface area contributed by atoms with Crippen LogP contribution in [0.25, 0.3) is 10.8 Å². The second-order valence-corrected chi connectivity index (χ2v) is 7.20. The van der Waals surface area contributed by atoms with E-state index in [1.807, 2.05) is 24.3 Å². The summed E-state index contributed by atoms with van der Waals surface area (Å²) in [5, 5.41) is 15.3. The number of benzene rings is 2. The van der Waals surface area contributed by atoms with Gasteiger partial charge in [-0.25, -0.2) is 9.97 Å². The molecule has 0 bridgehead atoms. The van der Waals surface area contributed by atoms with E-state index in [1.165, 1.54) is 0 Å². The first-order chi connectivity index (χ1) is 13.7. The van der Waals surface area contributed by atoms with Gasteiger partial charge in [-0.15, -0.1) is 24.8 Å². The Morgan fingerprint density at radius 3 is 2.60 bits per heavy atom. The fraction of sp³-hybridized carbons (Fsp3) is 0.286. The monoisotopic (exact) mass is 447 g/mol. The minimum atomic E-state index is -0.00515. The van der Waals surface area contributed by atoms with Crippen LogP contribution in [0.5, 0.6) is 5.75 Å². The summed E-state index contributed by atoms with van der Waals surface area (Å²) in [7, 11) is 0. The smallest absolute Gasteiger partial charge is 0.232 e. The second-order valence-electron chi connectivity index (χ2n) is 7.20. The van der Waals surface area contributed by atoms with Crippen molar-refractivity contribution in [2.75, 3.05) is 36.0 Å². The number of nitrogens with one attached hydrogen (secondary N) is 1. The number of carbonyl (C=O) groups excluding carboxylic acids is 1. The van der Waals surface area contributed by atoms with Crippen LogP contribution in [0.15, 0.2) is 42.7 Å². The minimum absolute atomic E-state index is 0. The van der Waals surface area contributed by atoms with Gasteiger partial charge < -0.3 is 20.2 Å². The Bertz CT molecular complexity index is 1070. The average molecular weight is 448 g/mol. The zero-order chi connectivity index (χ0) is 19.1. The van der Waals surface area contributed by atoms with E-state index in [9.17, 15) is 9.90 Å². The minimum Gasteiger partial charge on any atom is -0.508 e. The van der Waals surface area contributed by atoms with Gasteiger partial charge in [-0.1, -0.05) is 24.3 Å². The molecule has 0 unspecified atom stereocenters. The van der Waals surface area contributed by atoms with Crippen LogP contribution in [0.3, 0.4) is 0 Å². The summed E-state index contributed by atoms with van der Waals surface area (Å²) < 4.78 is 0. The quantitative estimate of drug-likeness (QED) is 0.628. The third-order valence-electron chi connectivity index (χ3n) is 5.48. The fourth-order valence-electron chi connectivity index (χ4n) is 4.11. The number of carbonyl (C=O) groups is 1. The molecular weight excluding hydrogens is 425 g/mol. The molecule has 1 amide bonds. The molecule has 30 heavy (non-hydrogen) atoms. The van der Waals surface area contributed by atoms with Gasteiger partial charge in [0.1, 0.15) is 17.9 Å². The van der Waals surface area contributed by atoms with E-state index in [0.29, 0.717) is 12.2 Å². The summed E-state index contributed by atoms with van der Waals surface area (Å²) in [5.74, 6) is 1.02. The predicted octanol–water partition coefficient (Wildman–Crippen LogP) is 2.68. The van der Waals surface area contributed by atoms with Gasteiger partial charge in [-0.3, -0.25) is 4.79 Å². The third kappa shape index (κ3) is 3.88. The largest absolute Gasteiger partial charge is 0.508 e. The lowest BCUT2D eigenvalue weighted by molar-refractivity contribution is -0.118. The van der Waals surface area contributed by atoms with Crippen molar-refractivity contribution in [3.05, 3.63) is 54.0 Å². The van der Waals surface area contributed by atoms with Gasteiger partial charge in [0.05, 0.1) is 24.3 Å². The Hall–Kier alpha value is -2.61. The van der Waals surface area contributed by atoms with Crippen LogP contribution >= 0.6 is 24.8 Å². The van der Waals surface area contributed by atoms with E-state index >= 15 is 0 Å². The van der Waals surface area contributed by atoms with Crippen LogP contribution in [-0.4, -0.2) is 47.2 Å². The molecule has 3 heterocycles. The Morgan fingerprint density at radius 2 is 1.80 bits per heavy atom. The summed E-state index contributed by atoms with van der Waals surface area (Å²) >= 11 is 0. The van der Waals surface area contributed by atoms with Gasteiger partial charge in [0.15, 0.2) is 0 Å². The summed E-state index contributed by atoms with van der Waals surface area (Å²) in [5.41, 5.74) is 2.51. The maximum absolute atomic E-state index is 13.1. The standard InChI is InChI=1S/C21H21N5O2.2ClH/c27-15-9-14-3-1-2-4-16(14)19(10-15)26-12-18-17(11-20(26)28)21(24-13-23-18)25-7-5-22-6-8-25;;/h1-4,9-10,13,22,27H,5-8,11-12H2;2*1H. The van der Waals surface area contributed by atoms with Crippen LogP contribution in [0.4, 0.5) is 11.5 Å². The molecule has 2 aliphatic rings. The molecule has 9 heteroatoms. The molecule has 7 nitrogen and oxygen atoms in total. The van der Waals surface area contributed by atoms with Gasteiger partial charge in [-0.05, 0) is 11.5 Å². The summed E-state index contributed by atoms with van der Waals surface area (Å²) in [6.45, 7) is 3.95. The number of halogens is 2. The highest BCUT2D eigenvalue weighted by atomic mass is 35.5. The van der Waals surface area contributed by atoms with Crippen molar-refractivity contribution in [2.24, 2.45) is 0 Å². The number of rotatable bonds is 2. The van der Waals surface area contributed by atoms with Gasteiger partial charge in [0.25, 0.3) is 0 Å². The number of aromatic nitrogens is 2. The molecule has 2 aromatic carbocycles. The lowest BCUT2D eigenvalue weighted by Crippen LogP contribution is -2.45. The molecule has 3 aromatic rings. The normalized spacial score (nSPS) is 15.9. The zero-order valence-corrected chi connectivity index (χ0v) is 17.9. The van der Waals surface area contributed by atoms with E-state index in [0.717, 1.165) is 54.0 Å². The molecule has 1 fully saturated rings. The van der Waals surface area contributed by atoms with Crippen molar-refractivity contribution < 1.29 is 9.90 Å². The molecule has 2 aliphatic heterocycles. The Labute approximate surface area is 186 Å². The maximum atomic E-state index is 13.1. The number of hydrogen-bond donors (Lipinski definition) is 2. The van der Waals surface area contributed by atoms with E-state index in [4.69, 9.17) is 0 Å². The van der Waals surface area contributed by atoms with Crippen LogP contribution in [0.1, 0.15) is 11.3 Å². The topological polar surface area (TPSA) is 81.6 Å². The first-order valence-corrected chi connectivity index (χ1v) is 9.51. The number of anilines is 2. The number of fused-ring (bicyclic) bond motifs is 2. The molecule has 0 spiro atoms. The van der Waals surface area contributed by atoms with Crippen molar-refractivity contribution >= 4 is 53.0 Å². The number of phenols is 1. The molecule has 0 radical (unpaired) electrons. The van der Waals surface area contributed by atoms with Crippen molar-refractivity contribution in [1.29, 1.82) is 0 Å². The highest BCUT2D eigenvalue weighted by molar-refractivity contribution is 6.06. The molecule has 0 saturated carbocycles. The van der Waals surface area contributed by atoms with Crippen LogP contribution < -0.4 is 15.1 Å². The maximum Gasteiger partial charge on any atom is 0.232 e. The highest BCUT2D eigenvalue weighted by Gasteiger charge is 2.30. The van der Waals surface area contributed by atoms with Crippen LogP contribution in [0.2, 0.25) is 0 Å². The first-order valence-electron chi connectivity index (χ1n) is 9.51. The Balaban J connectivity index is 0.00000128. The Kier molecular flexibility index (Phi) is 6.65. The lowest BCUT2D eigenvalue weighted by Gasteiger charge is -2.34.